The Morgan fingerprint density at radius 1 is 1.22 bits per heavy atom. The van der Waals surface area contributed by atoms with Gasteiger partial charge in [-0.3, -0.25) is 4.79 Å². The number of likely N-dealkylation sites (N-methyl/N-ethyl adjacent to an activating group) is 1. The van der Waals surface area contributed by atoms with E-state index in [4.69, 9.17) is 18.0 Å². The van der Waals surface area contributed by atoms with Crippen LogP contribution in [-0.2, 0) is 4.79 Å². The minimum Gasteiger partial charge on any atom is -0.389 e. The second kappa shape index (κ2) is 7.74. The standard InChI is InChI=1S/C18H21N3OS/c1-3-21(16-6-4-5-13(2)11-16)12-17(22)20-15-9-7-14(8-10-15)18(19)23/h4-11H,3,12H2,1-2H3,(H2,19,23)(H,20,22). The largest absolute Gasteiger partial charge is 0.389 e. The van der Waals surface area contributed by atoms with Crippen molar-refractivity contribution in [3.63, 3.8) is 0 Å². The molecule has 120 valence electrons. The molecule has 0 saturated carbocycles. The molecule has 0 atom stereocenters. The number of carbonyl (C=O) groups excluding carboxylic acids is 1. The molecule has 2 aromatic rings. The number of anilines is 2. The second-order valence-corrected chi connectivity index (χ2v) is 5.78. The molecule has 2 aromatic carbocycles. The van der Waals surface area contributed by atoms with Crippen LogP contribution in [0.3, 0.4) is 0 Å². The highest BCUT2D eigenvalue weighted by Gasteiger charge is 2.10. The lowest BCUT2D eigenvalue weighted by Crippen LogP contribution is -2.33. The normalized spacial score (nSPS) is 10.2. The van der Waals surface area contributed by atoms with Crippen molar-refractivity contribution in [1.82, 2.24) is 0 Å². The van der Waals surface area contributed by atoms with E-state index in [9.17, 15) is 4.79 Å². The summed E-state index contributed by atoms with van der Waals surface area (Å²) in [6.45, 7) is 5.14. The molecule has 0 aliphatic carbocycles. The van der Waals surface area contributed by atoms with Gasteiger partial charge in [0.15, 0.2) is 0 Å². The highest BCUT2D eigenvalue weighted by molar-refractivity contribution is 7.80. The van der Waals surface area contributed by atoms with E-state index in [2.05, 4.69) is 11.4 Å². The predicted molar refractivity (Wildman–Crippen MR) is 100 cm³/mol. The van der Waals surface area contributed by atoms with Gasteiger partial charge in [-0.05, 0) is 55.8 Å². The number of carbonyl (C=O) groups is 1. The van der Waals surface area contributed by atoms with Gasteiger partial charge in [0.1, 0.15) is 4.99 Å². The molecule has 0 fully saturated rings. The molecule has 0 unspecified atom stereocenters. The lowest BCUT2D eigenvalue weighted by Gasteiger charge is -2.23. The van der Waals surface area contributed by atoms with E-state index >= 15 is 0 Å². The zero-order valence-electron chi connectivity index (χ0n) is 13.4. The second-order valence-electron chi connectivity index (χ2n) is 5.34. The molecule has 0 spiro atoms. The van der Waals surface area contributed by atoms with E-state index in [1.807, 2.05) is 36.9 Å². The Morgan fingerprint density at radius 2 is 1.91 bits per heavy atom. The molecule has 4 nitrogen and oxygen atoms in total. The van der Waals surface area contributed by atoms with E-state index in [0.29, 0.717) is 11.5 Å². The minimum atomic E-state index is -0.0589. The summed E-state index contributed by atoms with van der Waals surface area (Å²) in [4.78, 5) is 14.6. The number of rotatable bonds is 6. The van der Waals surface area contributed by atoms with Crippen molar-refractivity contribution in [1.29, 1.82) is 0 Å². The minimum absolute atomic E-state index is 0.0589. The first kappa shape index (κ1) is 17.0. The van der Waals surface area contributed by atoms with Gasteiger partial charge in [-0.15, -0.1) is 0 Å². The molecule has 1 amide bonds. The van der Waals surface area contributed by atoms with Gasteiger partial charge in [-0.2, -0.15) is 0 Å². The Morgan fingerprint density at radius 3 is 2.48 bits per heavy atom. The number of nitrogens with one attached hydrogen (secondary N) is 1. The van der Waals surface area contributed by atoms with Crippen LogP contribution in [0.1, 0.15) is 18.1 Å². The highest BCUT2D eigenvalue weighted by atomic mass is 32.1. The molecular weight excluding hydrogens is 306 g/mol. The average Bonchev–Trinajstić information content (AvgIpc) is 2.53. The van der Waals surface area contributed by atoms with Crippen LogP contribution in [0, 0.1) is 6.92 Å². The van der Waals surface area contributed by atoms with Crippen molar-refractivity contribution < 1.29 is 4.79 Å². The molecule has 2 rings (SSSR count). The Kier molecular flexibility index (Phi) is 5.71. The van der Waals surface area contributed by atoms with Crippen LogP contribution in [-0.4, -0.2) is 24.0 Å². The van der Waals surface area contributed by atoms with E-state index in [1.54, 1.807) is 24.3 Å². The highest BCUT2D eigenvalue weighted by Crippen LogP contribution is 2.16. The monoisotopic (exact) mass is 327 g/mol. The van der Waals surface area contributed by atoms with Crippen molar-refractivity contribution in [2.24, 2.45) is 5.73 Å². The van der Waals surface area contributed by atoms with Gasteiger partial charge in [0.05, 0.1) is 6.54 Å². The van der Waals surface area contributed by atoms with Crippen molar-refractivity contribution in [3.05, 3.63) is 59.7 Å². The van der Waals surface area contributed by atoms with Gasteiger partial charge in [-0.1, -0.05) is 24.4 Å². The molecule has 0 aliphatic heterocycles. The van der Waals surface area contributed by atoms with E-state index in [-0.39, 0.29) is 5.91 Å². The molecule has 3 N–H and O–H groups in total. The predicted octanol–water partition coefficient (Wildman–Crippen LogP) is 3.09. The number of aryl methyl sites for hydroxylation is 1. The molecule has 0 aromatic heterocycles. The van der Waals surface area contributed by atoms with Crippen molar-refractivity contribution in [3.8, 4) is 0 Å². The van der Waals surface area contributed by atoms with Crippen LogP contribution in [0.2, 0.25) is 0 Å². The fourth-order valence-electron chi connectivity index (χ4n) is 2.30. The zero-order valence-corrected chi connectivity index (χ0v) is 14.2. The van der Waals surface area contributed by atoms with E-state index < -0.39 is 0 Å². The fourth-order valence-corrected chi connectivity index (χ4v) is 2.44. The molecule has 0 bridgehead atoms. The Labute approximate surface area is 142 Å². The summed E-state index contributed by atoms with van der Waals surface area (Å²) in [6, 6.07) is 15.3. The maximum Gasteiger partial charge on any atom is 0.243 e. The van der Waals surface area contributed by atoms with Gasteiger partial charge in [-0.25, -0.2) is 0 Å². The molecule has 0 radical (unpaired) electrons. The molecule has 0 saturated heterocycles. The molecule has 0 aliphatic rings. The molecule has 5 heteroatoms. The maximum atomic E-state index is 12.3. The summed E-state index contributed by atoms with van der Waals surface area (Å²) >= 11 is 4.91. The van der Waals surface area contributed by atoms with Crippen LogP contribution in [0.25, 0.3) is 0 Å². The molecule has 23 heavy (non-hydrogen) atoms. The summed E-state index contributed by atoms with van der Waals surface area (Å²) in [5.41, 5.74) is 9.30. The fraction of sp³-hybridized carbons (Fsp3) is 0.222. The average molecular weight is 327 g/mol. The molecule has 0 heterocycles. The van der Waals surface area contributed by atoms with Crippen molar-refractivity contribution in [2.45, 2.75) is 13.8 Å². The Balaban J connectivity index is 2.01. The van der Waals surface area contributed by atoms with Gasteiger partial charge in [0, 0.05) is 23.5 Å². The molecular formula is C18H21N3OS. The van der Waals surface area contributed by atoms with Gasteiger partial charge >= 0.3 is 0 Å². The number of hydrogen-bond acceptors (Lipinski definition) is 3. The lowest BCUT2D eigenvalue weighted by atomic mass is 10.2. The summed E-state index contributed by atoms with van der Waals surface area (Å²) < 4.78 is 0. The summed E-state index contributed by atoms with van der Waals surface area (Å²) in [6.07, 6.45) is 0. The van der Waals surface area contributed by atoms with Crippen LogP contribution >= 0.6 is 12.2 Å². The van der Waals surface area contributed by atoms with Gasteiger partial charge in [0.2, 0.25) is 5.91 Å². The number of nitrogens with two attached hydrogens (primary N) is 1. The van der Waals surface area contributed by atoms with E-state index in [0.717, 1.165) is 23.5 Å². The SMILES string of the molecule is CCN(CC(=O)Nc1ccc(C(N)=S)cc1)c1cccc(C)c1. The van der Waals surface area contributed by atoms with Crippen LogP contribution < -0.4 is 16.0 Å². The third kappa shape index (κ3) is 4.79. The first-order valence-electron chi connectivity index (χ1n) is 7.51. The first-order valence-corrected chi connectivity index (χ1v) is 7.91. The third-order valence-electron chi connectivity index (χ3n) is 3.54. The summed E-state index contributed by atoms with van der Waals surface area (Å²) in [5.74, 6) is -0.0589. The van der Waals surface area contributed by atoms with Gasteiger partial charge < -0.3 is 16.0 Å². The quantitative estimate of drug-likeness (QED) is 0.801. The maximum absolute atomic E-state index is 12.3. The van der Waals surface area contributed by atoms with Crippen LogP contribution in [0.4, 0.5) is 11.4 Å². The summed E-state index contributed by atoms with van der Waals surface area (Å²) in [5, 5.41) is 2.89. The van der Waals surface area contributed by atoms with Crippen LogP contribution in [0.15, 0.2) is 48.5 Å². The lowest BCUT2D eigenvalue weighted by molar-refractivity contribution is -0.115. The first-order chi connectivity index (χ1) is 11.0. The van der Waals surface area contributed by atoms with Crippen molar-refractivity contribution in [2.75, 3.05) is 23.3 Å². The Bertz CT molecular complexity index is 698. The number of thiocarbonyl (C=S) groups is 1. The number of amides is 1. The zero-order chi connectivity index (χ0) is 16.8. The van der Waals surface area contributed by atoms with Gasteiger partial charge in [0.25, 0.3) is 0 Å². The number of hydrogen-bond donors (Lipinski definition) is 2. The van der Waals surface area contributed by atoms with E-state index in [1.165, 1.54) is 5.56 Å². The summed E-state index contributed by atoms with van der Waals surface area (Å²) in [7, 11) is 0. The third-order valence-corrected chi connectivity index (χ3v) is 3.77. The van der Waals surface area contributed by atoms with Crippen LogP contribution in [0.5, 0.6) is 0 Å². The smallest absolute Gasteiger partial charge is 0.243 e. The van der Waals surface area contributed by atoms with Crippen molar-refractivity contribution >= 4 is 34.5 Å². The number of nitrogens with zero attached hydrogens (tertiary/aromatic N) is 1. The topological polar surface area (TPSA) is 58.4 Å². The Hall–Kier alpha value is -2.40. The number of benzene rings is 2.